The summed E-state index contributed by atoms with van der Waals surface area (Å²) in [7, 11) is 0. The maximum Gasteiger partial charge on any atom is 0.217 e. The van der Waals surface area contributed by atoms with Crippen LogP contribution in [0.15, 0.2) is 0 Å². The molecule has 0 aromatic carbocycles. The zero-order valence-electron chi connectivity index (χ0n) is 16.1. The summed E-state index contributed by atoms with van der Waals surface area (Å²) in [5.74, 6) is 0.902. The van der Waals surface area contributed by atoms with E-state index in [9.17, 15) is 20.1 Å². The van der Waals surface area contributed by atoms with Crippen molar-refractivity contribution < 1.29 is 20.1 Å². The van der Waals surface area contributed by atoms with E-state index in [0.717, 1.165) is 38.5 Å². The van der Waals surface area contributed by atoms with Crippen LogP contribution >= 0.6 is 0 Å². The van der Waals surface area contributed by atoms with Crippen molar-refractivity contribution in [3.63, 3.8) is 0 Å². The van der Waals surface area contributed by atoms with Crippen LogP contribution in [0.5, 0.6) is 0 Å². The summed E-state index contributed by atoms with van der Waals surface area (Å²) in [6.45, 7) is 4.46. The number of nitrogens with two attached hydrogens (primary N) is 1. The maximum atomic E-state index is 11.6. The monoisotopic (exact) mass is 365 g/mol. The Kier molecular flexibility index (Phi) is 4.44. The van der Waals surface area contributed by atoms with Crippen molar-refractivity contribution in [2.45, 2.75) is 83.5 Å². The molecule has 10 atom stereocenters. The average molecular weight is 366 g/mol. The number of primary amides is 1. The highest BCUT2D eigenvalue weighted by molar-refractivity contribution is 5.74. The van der Waals surface area contributed by atoms with Gasteiger partial charge in [-0.2, -0.15) is 0 Å². The van der Waals surface area contributed by atoms with Crippen molar-refractivity contribution in [2.75, 3.05) is 0 Å². The molecule has 0 heterocycles. The summed E-state index contributed by atoms with van der Waals surface area (Å²) in [5.41, 5.74) is 5.25. The largest absolute Gasteiger partial charge is 0.393 e. The minimum atomic E-state index is -0.449. The van der Waals surface area contributed by atoms with Crippen LogP contribution in [-0.4, -0.2) is 39.5 Å². The lowest BCUT2D eigenvalue weighted by atomic mass is 9.43. The van der Waals surface area contributed by atoms with Crippen molar-refractivity contribution in [3.8, 4) is 0 Å². The van der Waals surface area contributed by atoms with Crippen LogP contribution in [0.1, 0.15) is 65.2 Å². The molecular formula is C21H35NO4. The molecule has 148 valence electrons. The normalized spacial score (nSPS) is 56.3. The summed E-state index contributed by atoms with van der Waals surface area (Å²) in [4.78, 5) is 11.6. The van der Waals surface area contributed by atoms with Crippen LogP contribution in [0.25, 0.3) is 0 Å². The number of fused-ring (bicyclic) bond motifs is 5. The zero-order chi connectivity index (χ0) is 18.9. The molecule has 4 rings (SSSR count). The van der Waals surface area contributed by atoms with E-state index in [1.165, 1.54) is 0 Å². The van der Waals surface area contributed by atoms with Gasteiger partial charge in [-0.15, -0.1) is 0 Å². The van der Waals surface area contributed by atoms with Crippen molar-refractivity contribution in [1.29, 1.82) is 0 Å². The van der Waals surface area contributed by atoms with E-state index in [4.69, 9.17) is 5.73 Å². The molecule has 4 fully saturated rings. The highest BCUT2D eigenvalue weighted by Gasteiger charge is 2.65. The highest BCUT2D eigenvalue weighted by atomic mass is 16.3. The minimum absolute atomic E-state index is 0.0905. The standard InChI is InChI=1S/C21H35NO4/c1-20-6-5-13(23)7-12(20)8-16(24)19-14-4-3-11(9-18(22)26)21(14,2)17(25)10-15(19)20/h11-17,19,23-25H,3-10H2,1-2H3,(H2,22,26)/t11-,12+,13-,14+,15+,16-,17+,19+,20+,21-/m1/s1. The summed E-state index contributed by atoms with van der Waals surface area (Å²) in [5, 5.41) is 32.5. The molecule has 4 aliphatic carbocycles. The SMILES string of the molecule is C[C@]12CC[C@@H](O)C[C@H]1C[C@@H](O)[C@@H]1[C@@H]2C[C@H](O)[C@]2(C)[C@@H](CC(N)=O)CC[C@@H]12. The van der Waals surface area contributed by atoms with E-state index in [1.54, 1.807) is 0 Å². The van der Waals surface area contributed by atoms with Gasteiger partial charge in [-0.1, -0.05) is 13.8 Å². The van der Waals surface area contributed by atoms with E-state index >= 15 is 0 Å². The van der Waals surface area contributed by atoms with Gasteiger partial charge in [0.15, 0.2) is 0 Å². The van der Waals surface area contributed by atoms with Crippen molar-refractivity contribution in [1.82, 2.24) is 0 Å². The Hall–Kier alpha value is -0.650. The topological polar surface area (TPSA) is 104 Å². The molecule has 5 heteroatoms. The van der Waals surface area contributed by atoms with Crippen molar-refractivity contribution in [2.24, 2.45) is 46.2 Å². The van der Waals surface area contributed by atoms with Gasteiger partial charge in [0, 0.05) is 6.42 Å². The second-order valence-corrected chi connectivity index (χ2v) is 10.3. The Morgan fingerprint density at radius 2 is 1.77 bits per heavy atom. The Labute approximate surface area is 156 Å². The summed E-state index contributed by atoms with van der Waals surface area (Å²) < 4.78 is 0. The molecule has 26 heavy (non-hydrogen) atoms. The van der Waals surface area contributed by atoms with Crippen molar-refractivity contribution >= 4 is 5.91 Å². The molecule has 0 radical (unpaired) electrons. The number of rotatable bonds is 2. The Balaban J connectivity index is 1.67. The number of hydrogen-bond acceptors (Lipinski definition) is 4. The van der Waals surface area contributed by atoms with Crippen molar-refractivity contribution in [3.05, 3.63) is 0 Å². The molecule has 0 aromatic rings. The van der Waals surface area contributed by atoms with E-state index in [-0.39, 0.29) is 46.7 Å². The Morgan fingerprint density at radius 1 is 1.04 bits per heavy atom. The van der Waals surface area contributed by atoms with Crippen LogP contribution in [0, 0.1) is 40.4 Å². The van der Waals surface area contributed by atoms with Gasteiger partial charge in [0.25, 0.3) is 0 Å². The summed E-state index contributed by atoms with van der Waals surface area (Å²) in [6.07, 6.45) is 5.20. The van der Waals surface area contributed by atoms with Crippen LogP contribution < -0.4 is 5.73 Å². The van der Waals surface area contributed by atoms with E-state index in [0.29, 0.717) is 24.7 Å². The number of amides is 1. The third kappa shape index (κ3) is 2.50. The van der Waals surface area contributed by atoms with E-state index in [1.807, 2.05) is 0 Å². The summed E-state index contributed by atoms with van der Waals surface area (Å²) >= 11 is 0. The molecule has 0 unspecified atom stereocenters. The van der Waals surface area contributed by atoms with Gasteiger partial charge in [-0.05, 0) is 85.4 Å². The third-order valence-corrected chi connectivity index (χ3v) is 9.40. The van der Waals surface area contributed by atoms with Crippen LogP contribution in [-0.2, 0) is 4.79 Å². The molecule has 4 saturated carbocycles. The van der Waals surface area contributed by atoms with Crippen LogP contribution in [0.4, 0.5) is 0 Å². The molecule has 0 saturated heterocycles. The molecular weight excluding hydrogens is 330 g/mol. The lowest BCUT2D eigenvalue weighted by Gasteiger charge is -2.63. The fraction of sp³-hybridized carbons (Fsp3) is 0.952. The second-order valence-electron chi connectivity index (χ2n) is 10.3. The first-order valence-corrected chi connectivity index (χ1v) is 10.5. The van der Waals surface area contributed by atoms with Gasteiger partial charge in [0.1, 0.15) is 0 Å². The van der Waals surface area contributed by atoms with Crippen LogP contribution in [0.3, 0.4) is 0 Å². The predicted octanol–water partition coefficient (Wildman–Crippen LogP) is 1.82. The zero-order valence-corrected chi connectivity index (χ0v) is 16.1. The first kappa shape index (κ1) is 18.7. The Morgan fingerprint density at radius 3 is 2.46 bits per heavy atom. The average Bonchev–Trinajstić information content (AvgIpc) is 2.88. The molecule has 4 aliphatic rings. The highest BCUT2D eigenvalue weighted by Crippen LogP contribution is 2.67. The number of aliphatic hydroxyl groups excluding tert-OH is 3. The molecule has 0 spiro atoms. The number of carbonyl (C=O) groups excluding carboxylic acids is 1. The minimum Gasteiger partial charge on any atom is -0.393 e. The van der Waals surface area contributed by atoms with Gasteiger partial charge < -0.3 is 21.1 Å². The predicted molar refractivity (Wildman–Crippen MR) is 97.8 cm³/mol. The van der Waals surface area contributed by atoms with Gasteiger partial charge >= 0.3 is 0 Å². The third-order valence-electron chi connectivity index (χ3n) is 9.40. The van der Waals surface area contributed by atoms with Gasteiger partial charge in [-0.25, -0.2) is 0 Å². The molecule has 0 aliphatic heterocycles. The van der Waals surface area contributed by atoms with Gasteiger partial charge in [0.2, 0.25) is 5.91 Å². The quantitative estimate of drug-likeness (QED) is 0.599. The fourth-order valence-corrected chi connectivity index (χ4v) is 7.87. The molecule has 0 bridgehead atoms. The molecule has 0 aromatic heterocycles. The van der Waals surface area contributed by atoms with Gasteiger partial charge in [-0.3, -0.25) is 4.79 Å². The number of carbonyl (C=O) groups is 1. The summed E-state index contributed by atoms with van der Waals surface area (Å²) in [6, 6.07) is 0. The molecule has 1 amide bonds. The number of aliphatic hydroxyl groups is 3. The fourth-order valence-electron chi connectivity index (χ4n) is 7.87. The maximum absolute atomic E-state index is 11.6. The number of hydrogen-bond donors (Lipinski definition) is 4. The molecule has 5 N–H and O–H groups in total. The van der Waals surface area contributed by atoms with E-state index in [2.05, 4.69) is 13.8 Å². The molecule has 5 nitrogen and oxygen atoms in total. The second kappa shape index (κ2) is 6.18. The smallest absolute Gasteiger partial charge is 0.217 e. The first-order valence-electron chi connectivity index (χ1n) is 10.5. The van der Waals surface area contributed by atoms with Crippen LogP contribution in [0.2, 0.25) is 0 Å². The van der Waals surface area contributed by atoms with E-state index < -0.39 is 6.10 Å². The lowest BCUT2D eigenvalue weighted by molar-refractivity contribution is -0.204. The van der Waals surface area contributed by atoms with Gasteiger partial charge in [0.05, 0.1) is 18.3 Å². The lowest BCUT2D eigenvalue weighted by Crippen LogP contribution is -2.62. The Bertz CT molecular complexity index is 582. The first-order chi connectivity index (χ1) is 12.2.